The first-order valence-electron chi connectivity index (χ1n) is 6.73. The Morgan fingerprint density at radius 3 is 2.38 bits per heavy atom. The van der Waals surface area contributed by atoms with Gasteiger partial charge in [0, 0.05) is 6.54 Å². The van der Waals surface area contributed by atoms with E-state index in [0.717, 1.165) is 12.0 Å². The van der Waals surface area contributed by atoms with Crippen molar-refractivity contribution >= 4 is 21.4 Å². The topological polar surface area (TPSA) is 66.4 Å². The van der Waals surface area contributed by atoms with Gasteiger partial charge in [-0.1, -0.05) is 31.2 Å². The van der Waals surface area contributed by atoms with Crippen LogP contribution in [0.1, 0.15) is 28.5 Å². The molecule has 2 rings (SSSR count). The Kier molecular flexibility index (Phi) is 5.16. The molecule has 0 spiro atoms. The number of nitrogens with one attached hydrogen (secondary N) is 1. The Hall–Kier alpha value is -1.21. The van der Waals surface area contributed by atoms with Crippen LogP contribution in [-0.4, -0.2) is 13.5 Å². The van der Waals surface area contributed by atoms with Crippen LogP contribution < -0.4 is 4.72 Å². The van der Waals surface area contributed by atoms with Crippen LogP contribution in [0.4, 0.5) is 0 Å². The molecule has 0 bridgehead atoms. The van der Waals surface area contributed by atoms with Crippen LogP contribution in [0, 0.1) is 6.92 Å². The van der Waals surface area contributed by atoms with Crippen LogP contribution >= 0.6 is 11.3 Å². The minimum absolute atomic E-state index is 0.208. The predicted octanol–water partition coefficient (Wildman–Crippen LogP) is 2.59. The first-order valence-corrected chi connectivity index (χ1v) is 9.09. The molecule has 0 saturated carbocycles. The molecule has 1 heterocycles. The van der Waals surface area contributed by atoms with E-state index in [0.29, 0.717) is 10.4 Å². The van der Waals surface area contributed by atoms with Gasteiger partial charge in [0.05, 0.1) is 11.5 Å². The van der Waals surface area contributed by atoms with Crippen LogP contribution in [0.15, 0.2) is 34.5 Å². The van der Waals surface area contributed by atoms with Crippen LogP contribution in [0.25, 0.3) is 0 Å². The van der Waals surface area contributed by atoms with E-state index in [1.165, 1.54) is 16.9 Å². The van der Waals surface area contributed by atoms with Gasteiger partial charge in [-0.2, -0.15) is 0 Å². The highest BCUT2D eigenvalue weighted by molar-refractivity contribution is 7.89. The molecule has 21 heavy (non-hydrogen) atoms. The Morgan fingerprint density at radius 1 is 1.19 bits per heavy atom. The molecule has 4 nitrogen and oxygen atoms in total. The molecule has 6 heteroatoms. The Balaban J connectivity index is 2.15. The fraction of sp³-hybridized carbons (Fsp3) is 0.333. The molecule has 0 fully saturated rings. The fourth-order valence-corrected chi connectivity index (χ4v) is 4.78. The van der Waals surface area contributed by atoms with Gasteiger partial charge in [0.15, 0.2) is 0 Å². The number of aliphatic hydroxyl groups is 1. The summed E-state index contributed by atoms with van der Waals surface area (Å²) in [5.41, 5.74) is 2.80. The van der Waals surface area contributed by atoms with E-state index in [1.807, 2.05) is 24.3 Å². The van der Waals surface area contributed by atoms with Gasteiger partial charge in [-0.15, -0.1) is 11.3 Å². The van der Waals surface area contributed by atoms with Crippen molar-refractivity contribution in [2.75, 3.05) is 0 Å². The molecule has 0 aliphatic rings. The van der Waals surface area contributed by atoms with Crippen molar-refractivity contribution in [3.8, 4) is 0 Å². The zero-order chi connectivity index (χ0) is 15.5. The zero-order valence-electron chi connectivity index (χ0n) is 12.1. The molecular weight excluding hydrogens is 306 g/mol. The lowest BCUT2D eigenvalue weighted by Gasteiger charge is -2.09. The minimum atomic E-state index is -3.60. The van der Waals surface area contributed by atoms with Crippen molar-refractivity contribution in [3.63, 3.8) is 0 Å². The second-order valence-corrected chi connectivity index (χ2v) is 7.49. The van der Waals surface area contributed by atoms with Gasteiger partial charge in [0.25, 0.3) is 0 Å². The van der Waals surface area contributed by atoms with E-state index in [4.69, 9.17) is 0 Å². The highest BCUT2D eigenvalue weighted by atomic mass is 32.2. The Morgan fingerprint density at radius 2 is 1.81 bits per heavy atom. The van der Waals surface area contributed by atoms with Gasteiger partial charge in [-0.3, -0.25) is 0 Å². The molecule has 2 N–H and O–H groups in total. The van der Waals surface area contributed by atoms with Gasteiger partial charge < -0.3 is 5.11 Å². The third-order valence-electron chi connectivity index (χ3n) is 3.30. The van der Waals surface area contributed by atoms with Crippen LogP contribution in [0.3, 0.4) is 0 Å². The zero-order valence-corrected chi connectivity index (χ0v) is 13.7. The molecule has 0 radical (unpaired) electrons. The molecule has 0 atom stereocenters. The largest absolute Gasteiger partial charge is 0.391 e. The standard InChI is InChI=1S/C15H19NO3S2/c1-3-12-4-6-13(7-5-12)8-16-21(18,19)15-11(2)10-20-14(15)9-17/h4-7,10,16-17H,3,8-9H2,1-2H3. The number of thiophene rings is 1. The highest BCUT2D eigenvalue weighted by Gasteiger charge is 2.22. The van der Waals surface area contributed by atoms with Crippen molar-refractivity contribution in [3.05, 3.63) is 51.2 Å². The summed E-state index contributed by atoms with van der Waals surface area (Å²) in [6.07, 6.45) is 0.958. The molecule has 0 aliphatic heterocycles. The lowest BCUT2D eigenvalue weighted by atomic mass is 10.1. The van der Waals surface area contributed by atoms with Gasteiger partial charge in [-0.25, -0.2) is 13.1 Å². The first kappa shape index (κ1) is 16.2. The predicted molar refractivity (Wildman–Crippen MR) is 84.8 cm³/mol. The number of hydrogen-bond acceptors (Lipinski definition) is 4. The molecule has 2 aromatic rings. The number of hydrogen-bond donors (Lipinski definition) is 2. The van der Waals surface area contributed by atoms with E-state index in [-0.39, 0.29) is 18.0 Å². The minimum Gasteiger partial charge on any atom is -0.391 e. The normalized spacial score (nSPS) is 11.8. The second-order valence-electron chi connectivity index (χ2n) is 4.82. The molecule has 0 amide bonds. The first-order chi connectivity index (χ1) is 9.97. The number of sulfonamides is 1. The van der Waals surface area contributed by atoms with Crippen LogP contribution in [-0.2, 0) is 29.6 Å². The van der Waals surface area contributed by atoms with E-state index in [9.17, 15) is 13.5 Å². The number of aryl methyl sites for hydroxylation is 2. The van der Waals surface area contributed by atoms with E-state index in [2.05, 4.69) is 11.6 Å². The second kappa shape index (κ2) is 6.70. The van der Waals surface area contributed by atoms with Crippen molar-refractivity contribution in [2.45, 2.75) is 38.3 Å². The molecule has 1 aromatic heterocycles. The maximum absolute atomic E-state index is 12.4. The summed E-state index contributed by atoms with van der Waals surface area (Å²) >= 11 is 1.26. The highest BCUT2D eigenvalue weighted by Crippen LogP contribution is 2.26. The monoisotopic (exact) mass is 325 g/mol. The summed E-state index contributed by atoms with van der Waals surface area (Å²) in [4.78, 5) is 0.682. The number of aliphatic hydroxyl groups excluding tert-OH is 1. The third-order valence-corrected chi connectivity index (χ3v) is 6.15. The van der Waals surface area contributed by atoms with Gasteiger partial charge in [0.1, 0.15) is 4.90 Å². The maximum atomic E-state index is 12.4. The fourth-order valence-electron chi connectivity index (χ4n) is 2.10. The van der Waals surface area contributed by atoms with Gasteiger partial charge in [0.2, 0.25) is 10.0 Å². The van der Waals surface area contributed by atoms with E-state index >= 15 is 0 Å². The molecule has 0 saturated heterocycles. The van der Waals surface area contributed by atoms with Crippen molar-refractivity contribution in [1.82, 2.24) is 4.72 Å². The van der Waals surface area contributed by atoms with Crippen molar-refractivity contribution in [2.24, 2.45) is 0 Å². The molecular formula is C15H19NO3S2. The summed E-state index contributed by atoms with van der Waals surface area (Å²) < 4.78 is 27.3. The Bertz CT molecular complexity index is 703. The summed E-state index contributed by atoms with van der Waals surface area (Å²) in [5.74, 6) is 0. The van der Waals surface area contributed by atoms with Crippen LogP contribution in [0.2, 0.25) is 0 Å². The van der Waals surface area contributed by atoms with Crippen LogP contribution in [0.5, 0.6) is 0 Å². The average Bonchev–Trinajstić information content (AvgIpc) is 2.87. The Labute approximate surface area is 129 Å². The number of rotatable bonds is 6. The summed E-state index contributed by atoms with van der Waals surface area (Å²) in [5, 5.41) is 11.0. The van der Waals surface area contributed by atoms with E-state index < -0.39 is 10.0 Å². The summed E-state index contributed by atoms with van der Waals surface area (Å²) in [7, 11) is -3.60. The summed E-state index contributed by atoms with van der Waals surface area (Å²) in [6, 6.07) is 7.85. The maximum Gasteiger partial charge on any atom is 0.242 e. The lowest BCUT2D eigenvalue weighted by Crippen LogP contribution is -2.24. The molecule has 1 aromatic carbocycles. The average molecular weight is 325 g/mol. The van der Waals surface area contributed by atoms with Gasteiger partial charge >= 0.3 is 0 Å². The van der Waals surface area contributed by atoms with Gasteiger partial charge in [-0.05, 0) is 35.4 Å². The third kappa shape index (κ3) is 3.71. The van der Waals surface area contributed by atoms with E-state index in [1.54, 1.807) is 12.3 Å². The molecule has 114 valence electrons. The molecule has 0 unspecified atom stereocenters. The molecule has 0 aliphatic carbocycles. The smallest absolute Gasteiger partial charge is 0.242 e. The lowest BCUT2D eigenvalue weighted by molar-refractivity contribution is 0.282. The number of benzene rings is 1. The van der Waals surface area contributed by atoms with Crippen molar-refractivity contribution < 1.29 is 13.5 Å². The summed E-state index contributed by atoms with van der Waals surface area (Å²) in [6.45, 7) is 3.79. The SMILES string of the molecule is CCc1ccc(CNS(=O)(=O)c2c(C)csc2CO)cc1. The quantitative estimate of drug-likeness (QED) is 0.858. The van der Waals surface area contributed by atoms with Crippen molar-refractivity contribution in [1.29, 1.82) is 0 Å².